The molecule has 1 aromatic carbocycles. The van der Waals surface area contributed by atoms with Crippen LogP contribution >= 0.6 is 0 Å². The number of pyridine rings is 1. The van der Waals surface area contributed by atoms with Gasteiger partial charge in [-0.2, -0.15) is 0 Å². The molecule has 2 aromatic rings. The number of amides is 1. The van der Waals surface area contributed by atoms with Crippen LogP contribution in [0.5, 0.6) is 0 Å². The Labute approximate surface area is 124 Å². The fourth-order valence-corrected chi connectivity index (χ4v) is 2.46. The number of carbonyl (C=O) groups excluding carboxylic acids is 1. The third kappa shape index (κ3) is 3.47. The lowest BCUT2D eigenvalue weighted by Gasteiger charge is -2.20. The standard InChI is InChI=1S/C17H18N2O2/c20-17(14-8-10-21-11-9-14)19-16-7-6-15(12-18-16)13-4-2-1-3-5-13/h1-7,12,14H,8-11H2,(H,18,19,20). The Morgan fingerprint density at radius 3 is 2.48 bits per heavy atom. The first-order chi connectivity index (χ1) is 10.3. The quantitative estimate of drug-likeness (QED) is 0.941. The summed E-state index contributed by atoms with van der Waals surface area (Å²) in [5.41, 5.74) is 2.16. The number of nitrogens with one attached hydrogen (secondary N) is 1. The average molecular weight is 282 g/mol. The normalized spacial score (nSPS) is 15.6. The Morgan fingerprint density at radius 2 is 1.81 bits per heavy atom. The molecule has 21 heavy (non-hydrogen) atoms. The monoisotopic (exact) mass is 282 g/mol. The molecule has 0 atom stereocenters. The van der Waals surface area contributed by atoms with E-state index < -0.39 is 0 Å². The lowest BCUT2D eigenvalue weighted by Crippen LogP contribution is -2.28. The highest BCUT2D eigenvalue weighted by Crippen LogP contribution is 2.20. The van der Waals surface area contributed by atoms with E-state index in [2.05, 4.69) is 10.3 Å². The third-order valence-electron chi connectivity index (χ3n) is 3.71. The smallest absolute Gasteiger partial charge is 0.228 e. The molecule has 0 aliphatic carbocycles. The predicted molar refractivity (Wildman–Crippen MR) is 81.8 cm³/mol. The number of nitrogens with zero attached hydrogens (tertiary/aromatic N) is 1. The van der Waals surface area contributed by atoms with Gasteiger partial charge in [0.2, 0.25) is 5.91 Å². The number of benzene rings is 1. The summed E-state index contributed by atoms with van der Waals surface area (Å²) < 4.78 is 5.27. The topological polar surface area (TPSA) is 51.2 Å². The van der Waals surface area contributed by atoms with E-state index in [1.807, 2.05) is 42.5 Å². The molecular formula is C17H18N2O2. The first-order valence-corrected chi connectivity index (χ1v) is 7.23. The lowest BCUT2D eigenvalue weighted by atomic mass is 9.99. The van der Waals surface area contributed by atoms with Crippen molar-refractivity contribution in [1.82, 2.24) is 4.98 Å². The number of ether oxygens (including phenoxy) is 1. The van der Waals surface area contributed by atoms with Gasteiger partial charge < -0.3 is 10.1 Å². The minimum atomic E-state index is 0.0364. The number of carbonyl (C=O) groups is 1. The summed E-state index contributed by atoms with van der Waals surface area (Å²) in [6.07, 6.45) is 3.36. The van der Waals surface area contributed by atoms with Crippen LogP contribution in [-0.2, 0) is 9.53 Å². The summed E-state index contributed by atoms with van der Waals surface area (Å²) in [5.74, 6) is 0.679. The van der Waals surface area contributed by atoms with Crippen LogP contribution in [0, 0.1) is 5.92 Å². The van der Waals surface area contributed by atoms with Gasteiger partial charge in [0.15, 0.2) is 0 Å². The fraction of sp³-hybridized carbons (Fsp3) is 0.294. The molecule has 4 nitrogen and oxygen atoms in total. The minimum Gasteiger partial charge on any atom is -0.381 e. The van der Waals surface area contributed by atoms with E-state index in [1.54, 1.807) is 6.20 Å². The summed E-state index contributed by atoms with van der Waals surface area (Å²) >= 11 is 0. The third-order valence-corrected chi connectivity index (χ3v) is 3.71. The summed E-state index contributed by atoms with van der Waals surface area (Å²) in [6, 6.07) is 13.9. The van der Waals surface area contributed by atoms with Crippen molar-refractivity contribution in [3.8, 4) is 11.1 Å². The second kappa shape index (κ2) is 6.50. The molecule has 108 valence electrons. The van der Waals surface area contributed by atoms with Crippen LogP contribution in [0.2, 0.25) is 0 Å². The van der Waals surface area contributed by atoms with Crippen molar-refractivity contribution in [1.29, 1.82) is 0 Å². The van der Waals surface area contributed by atoms with Crippen molar-refractivity contribution >= 4 is 11.7 Å². The Balaban J connectivity index is 1.65. The first kappa shape index (κ1) is 13.8. The molecule has 1 aliphatic heterocycles. The molecule has 1 N–H and O–H groups in total. The summed E-state index contributed by atoms with van der Waals surface area (Å²) in [4.78, 5) is 16.4. The van der Waals surface area contributed by atoms with E-state index in [9.17, 15) is 4.79 Å². The van der Waals surface area contributed by atoms with Crippen LogP contribution in [0.1, 0.15) is 12.8 Å². The number of aromatic nitrogens is 1. The molecule has 1 aromatic heterocycles. The molecule has 1 fully saturated rings. The van der Waals surface area contributed by atoms with Crippen LogP contribution < -0.4 is 5.32 Å². The van der Waals surface area contributed by atoms with Crippen molar-refractivity contribution in [3.05, 3.63) is 48.7 Å². The van der Waals surface area contributed by atoms with E-state index in [0.29, 0.717) is 19.0 Å². The fourth-order valence-electron chi connectivity index (χ4n) is 2.46. The van der Waals surface area contributed by atoms with Crippen LogP contribution in [0.25, 0.3) is 11.1 Å². The molecule has 0 unspecified atom stereocenters. The molecule has 1 saturated heterocycles. The summed E-state index contributed by atoms with van der Waals surface area (Å²) in [5, 5.41) is 2.88. The van der Waals surface area contributed by atoms with Crippen LogP contribution in [0.15, 0.2) is 48.7 Å². The summed E-state index contributed by atoms with van der Waals surface area (Å²) in [7, 11) is 0. The first-order valence-electron chi connectivity index (χ1n) is 7.23. The number of anilines is 1. The van der Waals surface area contributed by atoms with Crippen molar-refractivity contribution in [2.24, 2.45) is 5.92 Å². The van der Waals surface area contributed by atoms with Gasteiger partial charge in [-0.1, -0.05) is 30.3 Å². The van der Waals surface area contributed by atoms with Gasteiger partial charge in [-0.3, -0.25) is 4.79 Å². The zero-order chi connectivity index (χ0) is 14.5. The van der Waals surface area contributed by atoms with E-state index in [-0.39, 0.29) is 11.8 Å². The molecule has 0 spiro atoms. The largest absolute Gasteiger partial charge is 0.381 e. The van der Waals surface area contributed by atoms with Gasteiger partial charge in [-0.25, -0.2) is 4.98 Å². The molecule has 0 bridgehead atoms. The second-order valence-corrected chi connectivity index (χ2v) is 5.17. The molecule has 2 heterocycles. The van der Waals surface area contributed by atoms with E-state index in [4.69, 9.17) is 4.74 Å². The Morgan fingerprint density at radius 1 is 1.05 bits per heavy atom. The number of hydrogen-bond acceptors (Lipinski definition) is 3. The minimum absolute atomic E-state index is 0.0364. The Bertz CT molecular complexity index is 590. The van der Waals surface area contributed by atoms with Gasteiger partial charge in [0, 0.05) is 30.9 Å². The molecule has 1 amide bonds. The number of hydrogen-bond donors (Lipinski definition) is 1. The van der Waals surface area contributed by atoms with Crippen molar-refractivity contribution < 1.29 is 9.53 Å². The average Bonchev–Trinajstić information content (AvgIpc) is 2.57. The lowest BCUT2D eigenvalue weighted by molar-refractivity contribution is -0.122. The van der Waals surface area contributed by atoms with Crippen LogP contribution in [0.4, 0.5) is 5.82 Å². The molecule has 4 heteroatoms. The predicted octanol–water partition coefficient (Wildman–Crippen LogP) is 3.11. The van der Waals surface area contributed by atoms with Gasteiger partial charge in [-0.15, -0.1) is 0 Å². The summed E-state index contributed by atoms with van der Waals surface area (Å²) in [6.45, 7) is 1.33. The highest BCUT2D eigenvalue weighted by molar-refractivity contribution is 5.91. The van der Waals surface area contributed by atoms with Crippen LogP contribution in [-0.4, -0.2) is 24.1 Å². The maximum Gasteiger partial charge on any atom is 0.228 e. The highest BCUT2D eigenvalue weighted by Gasteiger charge is 2.21. The highest BCUT2D eigenvalue weighted by atomic mass is 16.5. The maximum atomic E-state index is 12.1. The van der Waals surface area contributed by atoms with Gasteiger partial charge in [0.25, 0.3) is 0 Å². The Hall–Kier alpha value is -2.20. The Kier molecular flexibility index (Phi) is 4.26. The van der Waals surface area contributed by atoms with Gasteiger partial charge in [0.05, 0.1) is 0 Å². The van der Waals surface area contributed by atoms with E-state index in [1.165, 1.54) is 0 Å². The van der Waals surface area contributed by atoms with Gasteiger partial charge >= 0.3 is 0 Å². The van der Waals surface area contributed by atoms with Crippen molar-refractivity contribution in [2.75, 3.05) is 18.5 Å². The van der Waals surface area contributed by atoms with Crippen molar-refractivity contribution in [2.45, 2.75) is 12.8 Å². The SMILES string of the molecule is O=C(Nc1ccc(-c2ccccc2)cn1)C1CCOCC1. The van der Waals surface area contributed by atoms with E-state index >= 15 is 0 Å². The zero-order valence-corrected chi connectivity index (χ0v) is 11.8. The molecule has 3 rings (SSSR count). The molecule has 0 radical (unpaired) electrons. The van der Waals surface area contributed by atoms with Crippen molar-refractivity contribution in [3.63, 3.8) is 0 Å². The second-order valence-electron chi connectivity index (χ2n) is 5.17. The van der Waals surface area contributed by atoms with E-state index in [0.717, 1.165) is 24.0 Å². The maximum absolute atomic E-state index is 12.1. The molecule has 1 aliphatic rings. The molecular weight excluding hydrogens is 264 g/mol. The number of rotatable bonds is 3. The molecule has 0 saturated carbocycles. The van der Waals surface area contributed by atoms with Crippen LogP contribution in [0.3, 0.4) is 0 Å². The van der Waals surface area contributed by atoms with Gasteiger partial charge in [0.1, 0.15) is 5.82 Å². The zero-order valence-electron chi connectivity index (χ0n) is 11.8. The van der Waals surface area contributed by atoms with Gasteiger partial charge in [-0.05, 0) is 30.5 Å².